The highest BCUT2D eigenvalue weighted by molar-refractivity contribution is 5.97. The van der Waals surface area contributed by atoms with Gasteiger partial charge in [-0.15, -0.1) is 0 Å². The summed E-state index contributed by atoms with van der Waals surface area (Å²) in [6.45, 7) is 2.79. The van der Waals surface area contributed by atoms with Crippen molar-refractivity contribution in [2.24, 2.45) is 0 Å². The van der Waals surface area contributed by atoms with Crippen molar-refractivity contribution in [2.45, 2.75) is 37.6 Å². The van der Waals surface area contributed by atoms with Crippen molar-refractivity contribution in [3.63, 3.8) is 0 Å². The Morgan fingerprint density at radius 3 is 2.78 bits per heavy atom. The third kappa shape index (κ3) is 3.84. The van der Waals surface area contributed by atoms with E-state index in [4.69, 9.17) is 4.74 Å². The standard InChI is InChI=1S/C19H26N4O4/c24-12-14-9-13-3-1-2-4-15(13)23(14)19(26)10-16-20-17(11-18(25)21-16)22-5-7-27-8-6-22/h1-4,14,16-17,20,24H,5-12H2,(H,21,25). The predicted octanol–water partition coefficient (Wildman–Crippen LogP) is -0.579. The van der Waals surface area contributed by atoms with E-state index in [0.29, 0.717) is 26.1 Å². The van der Waals surface area contributed by atoms with Crippen LogP contribution in [0.15, 0.2) is 24.3 Å². The number of hydrogen-bond acceptors (Lipinski definition) is 6. The molecule has 0 saturated carbocycles. The second-order valence-electron chi connectivity index (χ2n) is 7.29. The largest absolute Gasteiger partial charge is 0.394 e. The van der Waals surface area contributed by atoms with Crippen LogP contribution in [0.25, 0.3) is 0 Å². The molecule has 27 heavy (non-hydrogen) atoms. The molecule has 0 radical (unpaired) electrons. The van der Waals surface area contributed by atoms with Gasteiger partial charge in [0.1, 0.15) is 0 Å². The van der Waals surface area contributed by atoms with Crippen molar-refractivity contribution in [1.82, 2.24) is 15.5 Å². The molecule has 3 atom stereocenters. The van der Waals surface area contributed by atoms with Gasteiger partial charge in [-0.05, 0) is 18.1 Å². The van der Waals surface area contributed by atoms with Crippen molar-refractivity contribution in [3.05, 3.63) is 29.8 Å². The van der Waals surface area contributed by atoms with E-state index in [0.717, 1.165) is 24.3 Å². The molecule has 0 aliphatic carbocycles. The lowest BCUT2D eigenvalue weighted by Gasteiger charge is -2.40. The number of benzene rings is 1. The number of fused-ring (bicyclic) bond motifs is 1. The van der Waals surface area contributed by atoms with Crippen LogP contribution in [0.3, 0.4) is 0 Å². The van der Waals surface area contributed by atoms with E-state index in [9.17, 15) is 14.7 Å². The Hall–Kier alpha value is -2.00. The minimum Gasteiger partial charge on any atom is -0.394 e. The maximum atomic E-state index is 13.0. The van der Waals surface area contributed by atoms with Gasteiger partial charge < -0.3 is 20.1 Å². The van der Waals surface area contributed by atoms with Gasteiger partial charge >= 0.3 is 0 Å². The molecular weight excluding hydrogens is 348 g/mol. The highest BCUT2D eigenvalue weighted by atomic mass is 16.5. The Bertz CT molecular complexity index is 707. The summed E-state index contributed by atoms with van der Waals surface area (Å²) in [5, 5.41) is 16.0. The van der Waals surface area contributed by atoms with Crippen LogP contribution in [0.2, 0.25) is 0 Å². The van der Waals surface area contributed by atoms with E-state index in [-0.39, 0.29) is 37.0 Å². The van der Waals surface area contributed by atoms with Crippen LogP contribution < -0.4 is 15.5 Å². The number of para-hydroxylation sites is 1. The lowest BCUT2D eigenvalue weighted by atomic mass is 10.1. The molecule has 1 aromatic carbocycles. The van der Waals surface area contributed by atoms with Crippen molar-refractivity contribution < 1.29 is 19.4 Å². The zero-order chi connectivity index (χ0) is 18.8. The second-order valence-corrected chi connectivity index (χ2v) is 7.29. The smallest absolute Gasteiger partial charge is 0.230 e. The highest BCUT2D eigenvalue weighted by Crippen LogP contribution is 2.32. The molecule has 8 nitrogen and oxygen atoms in total. The second kappa shape index (κ2) is 7.93. The number of carbonyl (C=O) groups is 2. The number of aliphatic hydroxyl groups excluding tert-OH is 1. The van der Waals surface area contributed by atoms with Crippen molar-refractivity contribution in [2.75, 3.05) is 37.8 Å². The van der Waals surface area contributed by atoms with E-state index < -0.39 is 6.17 Å². The lowest BCUT2D eigenvalue weighted by Crippen LogP contribution is -2.64. The van der Waals surface area contributed by atoms with E-state index in [1.807, 2.05) is 24.3 Å². The van der Waals surface area contributed by atoms with E-state index >= 15 is 0 Å². The van der Waals surface area contributed by atoms with Gasteiger partial charge in [0.2, 0.25) is 11.8 Å². The van der Waals surface area contributed by atoms with Crippen molar-refractivity contribution in [1.29, 1.82) is 0 Å². The van der Waals surface area contributed by atoms with Gasteiger partial charge in [0.05, 0.1) is 51.0 Å². The fourth-order valence-corrected chi connectivity index (χ4v) is 4.21. The topological polar surface area (TPSA) is 94.1 Å². The van der Waals surface area contributed by atoms with Crippen molar-refractivity contribution in [3.8, 4) is 0 Å². The Morgan fingerprint density at radius 1 is 1.22 bits per heavy atom. The summed E-state index contributed by atoms with van der Waals surface area (Å²) in [4.78, 5) is 29.1. The molecule has 0 spiro atoms. The molecular formula is C19H26N4O4. The first kappa shape index (κ1) is 18.4. The number of rotatable bonds is 4. The minimum absolute atomic E-state index is 0.0522. The fraction of sp³-hybridized carbons (Fsp3) is 0.579. The van der Waals surface area contributed by atoms with Crippen molar-refractivity contribution >= 4 is 17.5 Å². The number of nitrogens with one attached hydrogen (secondary N) is 2. The molecule has 3 unspecified atom stereocenters. The summed E-state index contributed by atoms with van der Waals surface area (Å²) in [5.41, 5.74) is 1.92. The van der Waals surface area contributed by atoms with Gasteiger partial charge in [-0.2, -0.15) is 0 Å². The van der Waals surface area contributed by atoms with Crippen LogP contribution >= 0.6 is 0 Å². The van der Waals surface area contributed by atoms with Gasteiger partial charge in [-0.1, -0.05) is 18.2 Å². The number of morpholine rings is 1. The normalized spacial score (nSPS) is 28.7. The van der Waals surface area contributed by atoms with E-state index in [1.54, 1.807) is 4.90 Å². The lowest BCUT2D eigenvalue weighted by molar-refractivity contribution is -0.128. The Balaban J connectivity index is 1.44. The average molecular weight is 374 g/mol. The van der Waals surface area contributed by atoms with Gasteiger partial charge in [0.15, 0.2) is 0 Å². The van der Waals surface area contributed by atoms with Crippen LogP contribution in [0.4, 0.5) is 5.69 Å². The Labute approximate surface area is 158 Å². The minimum atomic E-state index is -0.418. The van der Waals surface area contributed by atoms with E-state index in [1.165, 1.54) is 0 Å². The molecule has 3 N–H and O–H groups in total. The number of carbonyl (C=O) groups excluding carboxylic acids is 2. The molecule has 3 heterocycles. The van der Waals surface area contributed by atoms with Crippen LogP contribution in [-0.4, -0.2) is 73.1 Å². The van der Waals surface area contributed by atoms with Crippen LogP contribution in [0.1, 0.15) is 18.4 Å². The summed E-state index contributed by atoms with van der Waals surface area (Å²) in [6, 6.07) is 7.49. The first-order chi connectivity index (χ1) is 13.2. The summed E-state index contributed by atoms with van der Waals surface area (Å²) in [5.74, 6) is -0.150. The molecule has 3 aliphatic rings. The maximum absolute atomic E-state index is 13.0. The number of amides is 2. The summed E-state index contributed by atoms with van der Waals surface area (Å²) in [6.07, 6.45) is 0.673. The summed E-state index contributed by atoms with van der Waals surface area (Å²) >= 11 is 0. The molecule has 2 saturated heterocycles. The molecule has 2 amide bonds. The van der Waals surface area contributed by atoms with E-state index in [2.05, 4.69) is 15.5 Å². The fourth-order valence-electron chi connectivity index (χ4n) is 4.21. The number of nitrogens with zero attached hydrogens (tertiary/aromatic N) is 2. The van der Waals surface area contributed by atoms with Gasteiger partial charge in [-0.25, -0.2) is 0 Å². The number of ether oxygens (including phenoxy) is 1. The Morgan fingerprint density at radius 2 is 2.00 bits per heavy atom. The monoisotopic (exact) mass is 374 g/mol. The highest BCUT2D eigenvalue weighted by Gasteiger charge is 2.36. The molecule has 4 rings (SSSR count). The molecule has 1 aromatic rings. The number of anilines is 1. The number of aliphatic hydroxyl groups is 1. The third-order valence-electron chi connectivity index (χ3n) is 5.52. The third-order valence-corrected chi connectivity index (χ3v) is 5.52. The predicted molar refractivity (Wildman–Crippen MR) is 99.0 cm³/mol. The van der Waals surface area contributed by atoms with Gasteiger partial charge in [0, 0.05) is 18.8 Å². The SMILES string of the molecule is O=C1CC(N2CCOCC2)NC(CC(=O)N2c3ccccc3CC2CO)N1. The molecule has 146 valence electrons. The zero-order valence-electron chi connectivity index (χ0n) is 15.3. The van der Waals surface area contributed by atoms with Crippen LogP contribution in [0, 0.1) is 0 Å². The maximum Gasteiger partial charge on any atom is 0.230 e. The quantitative estimate of drug-likeness (QED) is 0.653. The van der Waals surface area contributed by atoms with Crippen LogP contribution in [0.5, 0.6) is 0 Å². The Kier molecular flexibility index (Phi) is 5.40. The van der Waals surface area contributed by atoms with Crippen LogP contribution in [-0.2, 0) is 20.7 Å². The first-order valence-electron chi connectivity index (χ1n) is 9.53. The molecule has 3 aliphatic heterocycles. The zero-order valence-corrected chi connectivity index (χ0v) is 15.3. The van der Waals surface area contributed by atoms with Gasteiger partial charge in [-0.3, -0.25) is 19.8 Å². The molecule has 0 bridgehead atoms. The average Bonchev–Trinajstić information content (AvgIpc) is 3.07. The molecule has 2 fully saturated rings. The number of hydrogen-bond donors (Lipinski definition) is 3. The molecule has 8 heteroatoms. The summed E-state index contributed by atoms with van der Waals surface area (Å²) < 4.78 is 5.38. The summed E-state index contributed by atoms with van der Waals surface area (Å²) in [7, 11) is 0. The first-order valence-corrected chi connectivity index (χ1v) is 9.53. The molecule has 0 aromatic heterocycles. The van der Waals surface area contributed by atoms with Gasteiger partial charge in [0.25, 0.3) is 0 Å².